The molecule has 0 aromatic carbocycles. The summed E-state index contributed by atoms with van der Waals surface area (Å²) in [7, 11) is 1.84. The van der Waals surface area contributed by atoms with Crippen LogP contribution in [0.4, 0.5) is 4.79 Å². The van der Waals surface area contributed by atoms with Crippen molar-refractivity contribution in [2.45, 2.75) is 39.0 Å². The summed E-state index contributed by atoms with van der Waals surface area (Å²) in [6.45, 7) is 6.87. The van der Waals surface area contributed by atoms with Crippen LogP contribution in [0.3, 0.4) is 0 Å². The van der Waals surface area contributed by atoms with E-state index >= 15 is 0 Å². The summed E-state index contributed by atoms with van der Waals surface area (Å²) in [5, 5.41) is 25.5. The van der Waals surface area contributed by atoms with Gasteiger partial charge in [-0.3, -0.25) is 9.58 Å². The molecule has 0 saturated heterocycles. The highest BCUT2D eigenvalue weighted by atomic mass is 16.6. The quantitative estimate of drug-likeness (QED) is 0.626. The van der Waals surface area contributed by atoms with Crippen LogP contribution >= 0.6 is 0 Å². The van der Waals surface area contributed by atoms with Gasteiger partial charge in [-0.05, 0) is 26.8 Å². The van der Waals surface area contributed by atoms with Crippen LogP contribution in [0.5, 0.6) is 0 Å². The zero-order valence-electron chi connectivity index (χ0n) is 14.3. The van der Waals surface area contributed by atoms with E-state index in [1.807, 2.05) is 18.0 Å². The maximum absolute atomic E-state index is 11.6. The molecule has 0 aliphatic rings. The number of hydrogen-bond acceptors (Lipinski definition) is 6. The number of aliphatic hydroxyl groups is 2. The van der Waals surface area contributed by atoms with Crippen molar-refractivity contribution in [1.82, 2.24) is 20.0 Å². The fourth-order valence-electron chi connectivity index (χ4n) is 2.01. The number of nitrogens with one attached hydrogen (secondary N) is 1. The molecule has 0 bridgehead atoms. The minimum atomic E-state index is -0.829. The Kier molecular flexibility index (Phi) is 7.47. The molecule has 0 aliphatic carbocycles. The number of aliphatic hydroxyl groups excluding tert-OH is 2. The summed E-state index contributed by atoms with van der Waals surface area (Å²) in [4.78, 5) is 13.6. The lowest BCUT2D eigenvalue weighted by Gasteiger charge is -2.25. The molecule has 23 heavy (non-hydrogen) atoms. The van der Waals surface area contributed by atoms with E-state index in [1.54, 1.807) is 31.6 Å². The fraction of sp³-hybridized carbons (Fsp3) is 0.733. The summed E-state index contributed by atoms with van der Waals surface area (Å²) in [5.41, 5.74) is 0.443. The van der Waals surface area contributed by atoms with Gasteiger partial charge in [-0.15, -0.1) is 0 Å². The first-order chi connectivity index (χ1) is 10.7. The Morgan fingerprint density at radius 2 is 2.22 bits per heavy atom. The SMILES string of the molecule is Cn1nccc1CN(CCNC(=O)OC(C)(C)C)C[C@@H](O)CO. The molecule has 1 rings (SSSR count). The third-order valence-corrected chi connectivity index (χ3v) is 3.08. The van der Waals surface area contributed by atoms with Gasteiger partial charge in [-0.2, -0.15) is 5.10 Å². The number of rotatable bonds is 8. The third kappa shape index (κ3) is 7.96. The second-order valence-electron chi connectivity index (χ2n) is 6.45. The Hall–Kier alpha value is -1.64. The topological polar surface area (TPSA) is 99.9 Å². The van der Waals surface area contributed by atoms with Gasteiger partial charge in [0.15, 0.2) is 0 Å². The van der Waals surface area contributed by atoms with Crippen LogP contribution in [-0.2, 0) is 18.3 Å². The summed E-state index contributed by atoms with van der Waals surface area (Å²) in [5.74, 6) is 0. The number of carbonyl (C=O) groups is 1. The van der Waals surface area contributed by atoms with E-state index in [0.717, 1.165) is 5.69 Å². The molecule has 3 N–H and O–H groups in total. The van der Waals surface area contributed by atoms with E-state index in [9.17, 15) is 9.90 Å². The van der Waals surface area contributed by atoms with Crippen molar-refractivity contribution in [3.05, 3.63) is 18.0 Å². The molecule has 8 nitrogen and oxygen atoms in total. The van der Waals surface area contributed by atoms with Gasteiger partial charge in [0.25, 0.3) is 0 Å². The Balaban J connectivity index is 2.49. The molecule has 0 unspecified atom stereocenters. The maximum atomic E-state index is 11.6. The number of hydrogen-bond donors (Lipinski definition) is 3. The monoisotopic (exact) mass is 328 g/mol. The fourth-order valence-corrected chi connectivity index (χ4v) is 2.01. The molecular formula is C15H28N4O4. The van der Waals surface area contributed by atoms with Crippen LogP contribution < -0.4 is 5.32 Å². The molecular weight excluding hydrogens is 300 g/mol. The normalized spacial score (nSPS) is 13.2. The lowest BCUT2D eigenvalue weighted by molar-refractivity contribution is 0.0477. The Morgan fingerprint density at radius 1 is 1.52 bits per heavy atom. The number of ether oxygens (including phenoxy) is 1. The van der Waals surface area contributed by atoms with Crippen LogP contribution in [0.2, 0.25) is 0 Å². The van der Waals surface area contributed by atoms with Crippen molar-refractivity contribution >= 4 is 6.09 Å². The standard InChI is InChI=1S/C15H28N4O4/c1-15(2,3)23-14(22)16-7-8-19(10-13(21)11-20)9-12-5-6-17-18(12)4/h5-6,13,20-21H,7-11H2,1-4H3,(H,16,22)/t13-/m1/s1. The molecule has 0 spiro atoms. The van der Waals surface area contributed by atoms with Gasteiger partial charge in [-0.1, -0.05) is 0 Å². The van der Waals surface area contributed by atoms with Gasteiger partial charge in [0.2, 0.25) is 0 Å². The number of aromatic nitrogens is 2. The minimum absolute atomic E-state index is 0.303. The minimum Gasteiger partial charge on any atom is -0.444 e. The lowest BCUT2D eigenvalue weighted by atomic mass is 10.2. The number of aryl methyl sites for hydroxylation is 1. The Bertz CT molecular complexity index is 484. The van der Waals surface area contributed by atoms with Crippen molar-refractivity contribution < 1.29 is 19.7 Å². The number of nitrogens with zero attached hydrogens (tertiary/aromatic N) is 3. The van der Waals surface area contributed by atoms with E-state index in [2.05, 4.69) is 10.4 Å². The van der Waals surface area contributed by atoms with E-state index in [1.165, 1.54) is 0 Å². The molecule has 1 aromatic heterocycles. The first-order valence-electron chi connectivity index (χ1n) is 7.66. The molecule has 1 atom stereocenters. The first-order valence-corrected chi connectivity index (χ1v) is 7.66. The average Bonchev–Trinajstić information content (AvgIpc) is 2.82. The van der Waals surface area contributed by atoms with E-state index in [0.29, 0.717) is 26.2 Å². The second-order valence-corrected chi connectivity index (χ2v) is 6.45. The summed E-state index contributed by atoms with van der Waals surface area (Å²) < 4.78 is 6.92. The van der Waals surface area contributed by atoms with Crippen molar-refractivity contribution in [3.8, 4) is 0 Å². The molecule has 1 aromatic rings. The van der Waals surface area contributed by atoms with Gasteiger partial charge in [-0.25, -0.2) is 4.79 Å². The van der Waals surface area contributed by atoms with Gasteiger partial charge >= 0.3 is 6.09 Å². The second kappa shape index (κ2) is 8.85. The van der Waals surface area contributed by atoms with Crippen molar-refractivity contribution in [3.63, 3.8) is 0 Å². The zero-order chi connectivity index (χ0) is 17.5. The van der Waals surface area contributed by atoms with Crippen LogP contribution in [0.15, 0.2) is 12.3 Å². The Labute approximate surface area is 137 Å². The number of amides is 1. The Morgan fingerprint density at radius 3 is 2.74 bits per heavy atom. The largest absolute Gasteiger partial charge is 0.444 e. The molecule has 0 radical (unpaired) electrons. The van der Waals surface area contributed by atoms with Gasteiger partial charge in [0.05, 0.1) is 18.4 Å². The predicted octanol–water partition coefficient (Wildman–Crippen LogP) is 0.100. The van der Waals surface area contributed by atoms with Gasteiger partial charge in [0.1, 0.15) is 5.60 Å². The van der Waals surface area contributed by atoms with Crippen LogP contribution in [0.25, 0.3) is 0 Å². The molecule has 8 heteroatoms. The molecule has 132 valence electrons. The first kappa shape index (κ1) is 19.4. The summed E-state index contributed by atoms with van der Waals surface area (Å²) in [6.07, 6.45) is 0.403. The van der Waals surface area contributed by atoms with Crippen LogP contribution in [0.1, 0.15) is 26.5 Å². The molecule has 0 aliphatic heterocycles. The summed E-state index contributed by atoms with van der Waals surface area (Å²) in [6, 6.07) is 1.89. The van der Waals surface area contributed by atoms with Gasteiger partial charge in [0, 0.05) is 39.4 Å². The highest BCUT2D eigenvalue weighted by Crippen LogP contribution is 2.07. The highest BCUT2D eigenvalue weighted by molar-refractivity contribution is 5.67. The zero-order valence-corrected chi connectivity index (χ0v) is 14.3. The van der Waals surface area contributed by atoms with E-state index in [4.69, 9.17) is 9.84 Å². The molecule has 0 saturated carbocycles. The van der Waals surface area contributed by atoms with Crippen molar-refractivity contribution in [1.29, 1.82) is 0 Å². The third-order valence-electron chi connectivity index (χ3n) is 3.08. The highest BCUT2D eigenvalue weighted by Gasteiger charge is 2.17. The average molecular weight is 328 g/mol. The molecule has 0 fully saturated rings. The van der Waals surface area contributed by atoms with E-state index in [-0.39, 0.29) is 6.61 Å². The number of alkyl carbamates (subject to hydrolysis) is 1. The molecule has 1 amide bonds. The van der Waals surface area contributed by atoms with Crippen LogP contribution in [-0.4, -0.2) is 68.9 Å². The van der Waals surface area contributed by atoms with Gasteiger partial charge < -0.3 is 20.3 Å². The van der Waals surface area contributed by atoms with Crippen molar-refractivity contribution in [2.24, 2.45) is 7.05 Å². The lowest BCUT2D eigenvalue weighted by Crippen LogP contribution is -2.41. The summed E-state index contributed by atoms with van der Waals surface area (Å²) >= 11 is 0. The predicted molar refractivity (Wildman–Crippen MR) is 85.8 cm³/mol. The smallest absolute Gasteiger partial charge is 0.407 e. The molecule has 1 heterocycles. The van der Waals surface area contributed by atoms with Crippen LogP contribution in [0, 0.1) is 0 Å². The number of carbonyl (C=O) groups excluding carboxylic acids is 1. The maximum Gasteiger partial charge on any atom is 0.407 e. The van der Waals surface area contributed by atoms with Crippen molar-refractivity contribution in [2.75, 3.05) is 26.2 Å². The van der Waals surface area contributed by atoms with E-state index < -0.39 is 17.8 Å².